The van der Waals surface area contributed by atoms with Crippen LogP contribution in [0.3, 0.4) is 0 Å². The molecule has 0 saturated carbocycles. The van der Waals surface area contributed by atoms with Gasteiger partial charge in [-0.25, -0.2) is 0 Å². The Hall–Kier alpha value is -2.96. The lowest BCUT2D eigenvalue weighted by Crippen LogP contribution is -2.18. The maximum Gasteiger partial charge on any atom is 0.306 e. The van der Waals surface area contributed by atoms with Crippen LogP contribution in [-0.2, 0) is 0 Å². The van der Waals surface area contributed by atoms with Crippen LogP contribution in [0.1, 0.15) is 30.1 Å². The molecule has 7 heteroatoms. The highest BCUT2D eigenvalue weighted by molar-refractivity contribution is 6.04. The number of halogens is 1. The minimum Gasteiger partial charge on any atom is -0.375 e. The number of amides is 1. The Morgan fingerprint density at radius 3 is 2.52 bits per heavy atom. The summed E-state index contributed by atoms with van der Waals surface area (Å²) in [4.78, 5) is 24.3. The lowest BCUT2D eigenvalue weighted by atomic mass is 10.1. The minimum atomic E-state index is -0.942. The van der Waals surface area contributed by atoms with E-state index >= 15 is 0 Å². The van der Waals surface area contributed by atoms with Gasteiger partial charge in [0, 0.05) is 36.6 Å². The minimum absolute atomic E-state index is 0.169. The molecule has 0 bridgehead atoms. The molecular formula is C18H20FN3O3. The number of hydrogen-bond donors (Lipinski definition) is 1. The predicted octanol–water partition coefficient (Wildman–Crippen LogP) is 4.22. The van der Waals surface area contributed by atoms with E-state index in [0.29, 0.717) is 5.56 Å². The van der Waals surface area contributed by atoms with E-state index in [-0.39, 0.29) is 5.69 Å². The molecule has 25 heavy (non-hydrogen) atoms. The average Bonchev–Trinajstić information content (AvgIpc) is 2.61. The van der Waals surface area contributed by atoms with Crippen molar-refractivity contribution in [3.63, 3.8) is 0 Å². The molecule has 0 aromatic heterocycles. The van der Waals surface area contributed by atoms with Gasteiger partial charge < -0.3 is 10.2 Å². The van der Waals surface area contributed by atoms with Gasteiger partial charge in [-0.15, -0.1) is 0 Å². The Kier molecular flexibility index (Phi) is 6.05. The van der Waals surface area contributed by atoms with Crippen molar-refractivity contribution in [2.75, 3.05) is 23.8 Å². The van der Waals surface area contributed by atoms with Crippen molar-refractivity contribution in [3.05, 3.63) is 64.0 Å². The molecule has 0 heterocycles. The number of anilines is 2. The number of unbranched alkanes of at least 4 members (excludes halogenated alkanes) is 1. The highest BCUT2D eigenvalue weighted by Gasteiger charge is 2.16. The molecule has 0 radical (unpaired) electrons. The molecule has 2 aromatic rings. The second-order valence-corrected chi connectivity index (χ2v) is 5.70. The van der Waals surface area contributed by atoms with Crippen LogP contribution in [0.5, 0.6) is 0 Å². The topological polar surface area (TPSA) is 75.5 Å². The second kappa shape index (κ2) is 8.23. The molecule has 1 amide bonds. The molecule has 132 valence electrons. The van der Waals surface area contributed by atoms with Crippen LogP contribution in [0, 0.1) is 15.9 Å². The average molecular weight is 345 g/mol. The lowest BCUT2D eigenvalue weighted by molar-refractivity contribution is -0.387. The number of carbonyl (C=O) groups is 1. The molecule has 0 aliphatic carbocycles. The van der Waals surface area contributed by atoms with Crippen LogP contribution in [0.15, 0.2) is 42.5 Å². The largest absolute Gasteiger partial charge is 0.375 e. The monoisotopic (exact) mass is 345 g/mol. The third kappa shape index (κ3) is 4.76. The Balaban J connectivity index is 2.08. The van der Waals surface area contributed by atoms with Gasteiger partial charge in [-0.3, -0.25) is 14.9 Å². The van der Waals surface area contributed by atoms with Crippen LogP contribution in [0.4, 0.5) is 21.5 Å². The van der Waals surface area contributed by atoms with Crippen molar-refractivity contribution in [1.82, 2.24) is 0 Å². The number of hydrogen-bond acceptors (Lipinski definition) is 4. The van der Waals surface area contributed by atoms with E-state index in [1.54, 1.807) is 12.1 Å². The molecule has 0 spiro atoms. The quantitative estimate of drug-likeness (QED) is 0.602. The van der Waals surface area contributed by atoms with E-state index in [1.165, 1.54) is 6.07 Å². The maximum absolute atomic E-state index is 13.3. The zero-order valence-electron chi connectivity index (χ0n) is 14.2. The molecular weight excluding hydrogens is 325 g/mol. The van der Waals surface area contributed by atoms with Crippen LogP contribution in [-0.4, -0.2) is 24.4 Å². The summed E-state index contributed by atoms with van der Waals surface area (Å²) in [5.74, 6) is -1.36. The normalized spacial score (nSPS) is 10.4. The van der Waals surface area contributed by atoms with Crippen LogP contribution in [0.2, 0.25) is 0 Å². The molecule has 2 aromatic carbocycles. The van der Waals surface area contributed by atoms with Crippen LogP contribution >= 0.6 is 0 Å². The summed E-state index contributed by atoms with van der Waals surface area (Å²) in [6, 6.07) is 10.3. The molecule has 0 atom stereocenters. The summed E-state index contributed by atoms with van der Waals surface area (Å²) >= 11 is 0. The van der Waals surface area contributed by atoms with Crippen molar-refractivity contribution < 1.29 is 14.1 Å². The molecule has 0 aliphatic heterocycles. The number of nitro benzene ring substituents is 1. The van der Waals surface area contributed by atoms with Gasteiger partial charge in [-0.1, -0.05) is 13.3 Å². The van der Waals surface area contributed by atoms with E-state index in [1.807, 2.05) is 19.2 Å². The van der Waals surface area contributed by atoms with Crippen molar-refractivity contribution in [2.45, 2.75) is 19.8 Å². The van der Waals surface area contributed by atoms with Gasteiger partial charge in [0.05, 0.1) is 4.92 Å². The predicted molar refractivity (Wildman–Crippen MR) is 95.6 cm³/mol. The van der Waals surface area contributed by atoms with Gasteiger partial charge in [-0.05, 0) is 42.8 Å². The summed E-state index contributed by atoms with van der Waals surface area (Å²) in [7, 11) is 1.99. The third-order valence-corrected chi connectivity index (χ3v) is 3.82. The van der Waals surface area contributed by atoms with E-state index < -0.39 is 22.3 Å². The summed E-state index contributed by atoms with van der Waals surface area (Å²) in [6.07, 6.45) is 2.19. The van der Waals surface area contributed by atoms with E-state index in [0.717, 1.165) is 37.2 Å². The third-order valence-electron chi connectivity index (χ3n) is 3.82. The SMILES string of the molecule is CCCCN(C)c1ccc(C(=O)Nc2ccc(F)c([N+](=O)[O-])c2)cc1. The highest BCUT2D eigenvalue weighted by atomic mass is 19.1. The summed E-state index contributed by atoms with van der Waals surface area (Å²) < 4.78 is 13.3. The maximum atomic E-state index is 13.3. The van der Waals surface area contributed by atoms with Crippen molar-refractivity contribution in [1.29, 1.82) is 0 Å². The molecule has 6 nitrogen and oxygen atoms in total. The van der Waals surface area contributed by atoms with Crippen LogP contribution < -0.4 is 10.2 Å². The van der Waals surface area contributed by atoms with Crippen LogP contribution in [0.25, 0.3) is 0 Å². The standard InChI is InChI=1S/C18H20FN3O3/c1-3-4-11-21(2)15-8-5-13(6-9-15)18(23)20-14-7-10-16(19)17(12-14)22(24)25/h5-10,12H,3-4,11H2,1-2H3,(H,20,23). The Bertz CT molecular complexity index is 763. The van der Waals surface area contributed by atoms with E-state index in [4.69, 9.17) is 0 Å². The molecule has 1 N–H and O–H groups in total. The zero-order valence-corrected chi connectivity index (χ0v) is 14.2. The zero-order chi connectivity index (χ0) is 18.4. The van der Waals surface area contributed by atoms with E-state index in [2.05, 4.69) is 17.1 Å². The first-order chi connectivity index (χ1) is 11.9. The molecule has 2 rings (SSSR count). The Morgan fingerprint density at radius 2 is 1.92 bits per heavy atom. The van der Waals surface area contributed by atoms with Gasteiger partial charge in [0.25, 0.3) is 5.91 Å². The first-order valence-electron chi connectivity index (χ1n) is 7.99. The van der Waals surface area contributed by atoms with Gasteiger partial charge in [0.1, 0.15) is 0 Å². The molecule has 0 aliphatic rings. The summed E-state index contributed by atoms with van der Waals surface area (Å²) in [5.41, 5.74) is 0.912. The number of nitrogens with zero attached hydrogens (tertiary/aromatic N) is 2. The highest BCUT2D eigenvalue weighted by Crippen LogP contribution is 2.22. The van der Waals surface area contributed by atoms with Gasteiger partial charge in [0.2, 0.25) is 5.82 Å². The molecule has 0 saturated heterocycles. The molecule has 0 fully saturated rings. The van der Waals surface area contributed by atoms with Gasteiger partial charge >= 0.3 is 5.69 Å². The Morgan fingerprint density at radius 1 is 1.24 bits per heavy atom. The number of benzene rings is 2. The van der Waals surface area contributed by atoms with Crippen molar-refractivity contribution in [2.24, 2.45) is 0 Å². The first-order valence-corrected chi connectivity index (χ1v) is 7.99. The number of rotatable bonds is 7. The summed E-state index contributed by atoms with van der Waals surface area (Å²) in [5, 5.41) is 13.3. The molecule has 0 unspecified atom stereocenters. The second-order valence-electron chi connectivity index (χ2n) is 5.70. The lowest BCUT2D eigenvalue weighted by Gasteiger charge is -2.19. The smallest absolute Gasteiger partial charge is 0.306 e. The van der Waals surface area contributed by atoms with Gasteiger partial charge in [-0.2, -0.15) is 4.39 Å². The number of nitro groups is 1. The number of carbonyl (C=O) groups excluding carboxylic acids is 1. The Labute approximate surface area is 145 Å². The number of nitrogens with one attached hydrogen (secondary N) is 1. The van der Waals surface area contributed by atoms with Crippen molar-refractivity contribution >= 4 is 23.0 Å². The van der Waals surface area contributed by atoms with Gasteiger partial charge in [0.15, 0.2) is 0 Å². The van der Waals surface area contributed by atoms with Crippen molar-refractivity contribution in [3.8, 4) is 0 Å². The first kappa shape index (κ1) is 18.4. The fourth-order valence-corrected chi connectivity index (χ4v) is 2.33. The fourth-order valence-electron chi connectivity index (χ4n) is 2.33. The van der Waals surface area contributed by atoms with E-state index in [9.17, 15) is 19.3 Å². The summed E-state index contributed by atoms with van der Waals surface area (Å²) in [6.45, 7) is 3.06. The fraction of sp³-hybridized carbons (Fsp3) is 0.278.